The van der Waals surface area contributed by atoms with Crippen LogP contribution >= 0.6 is 31.9 Å². The lowest BCUT2D eigenvalue weighted by atomic mass is 10.1. The van der Waals surface area contributed by atoms with E-state index >= 15 is 0 Å². The third-order valence-corrected chi connectivity index (χ3v) is 5.59. The number of nitrogens with zero attached hydrogens (tertiary/aromatic N) is 3. The van der Waals surface area contributed by atoms with E-state index in [0.717, 1.165) is 49.9 Å². The molecule has 1 aromatic carbocycles. The summed E-state index contributed by atoms with van der Waals surface area (Å²) in [6.07, 6.45) is 2.27. The normalized spacial score (nSPS) is 14.1. The summed E-state index contributed by atoms with van der Waals surface area (Å²) in [7, 11) is 1.87. The summed E-state index contributed by atoms with van der Waals surface area (Å²) in [5.41, 5.74) is 3.91. The van der Waals surface area contributed by atoms with Crippen molar-refractivity contribution in [3.05, 3.63) is 50.2 Å². The molecule has 1 saturated carbocycles. The minimum absolute atomic E-state index is 0.149. The van der Waals surface area contributed by atoms with Crippen LogP contribution in [0.3, 0.4) is 0 Å². The minimum atomic E-state index is -0.149. The topological polar surface area (TPSA) is 59.8 Å². The molecule has 128 valence electrons. The van der Waals surface area contributed by atoms with Gasteiger partial charge in [0, 0.05) is 27.6 Å². The van der Waals surface area contributed by atoms with Crippen molar-refractivity contribution in [3.8, 4) is 0 Å². The van der Waals surface area contributed by atoms with Gasteiger partial charge in [-0.3, -0.25) is 9.48 Å². The Morgan fingerprint density at radius 2 is 2.04 bits per heavy atom. The Kier molecular flexibility index (Phi) is 4.16. The Labute approximate surface area is 162 Å². The lowest BCUT2D eigenvalue weighted by molar-refractivity contribution is 0.102. The highest BCUT2D eigenvalue weighted by Gasteiger charge is 2.28. The number of nitrogens with one attached hydrogen (secondary N) is 1. The zero-order valence-corrected chi connectivity index (χ0v) is 17.0. The summed E-state index contributed by atoms with van der Waals surface area (Å²) in [5.74, 6) is 0.313. The van der Waals surface area contributed by atoms with Crippen molar-refractivity contribution in [2.45, 2.75) is 25.7 Å². The lowest BCUT2D eigenvalue weighted by Crippen LogP contribution is -2.14. The van der Waals surface area contributed by atoms with Crippen LogP contribution < -0.4 is 5.32 Å². The van der Waals surface area contributed by atoms with Crippen LogP contribution in [-0.2, 0) is 7.05 Å². The first-order valence-corrected chi connectivity index (χ1v) is 9.63. The van der Waals surface area contributed by atoms with Gasteiger partial charge in [-0.25, -0.2) is 4.98 Å². The Morgan fingerprint density at radius 1 is 1.28 bits per heavy atom. The van der Waals surface area contributed by atoms with E-state index in [1.54, 1.807) is 4.68 Å². The number of pyridine rings is 1. The Bertz CT molecular complexity index is 1010. The Hall–Kier alpha value is -1.73. The van der Waals surface area contributed by atoms with E-state index in [1.165, 1.54) is 0 Å². The third-order valence-electron chi connectivity index (χ3n) is 4.41. The number of hydrogen-bond donors (Lipinski definition) is 1. The highest BCUT2D eigenvalue weighted by Crippen LogP contribution is 2.40. The van der Waals surface area contributed by atoms with Crippen LogP contribution in [0, 0.1) is 6.92 Å². The van der Waals surface area contributed by atoms with Gasteiger partial charge in [-0.2, -0.15) is 5.10 Å². The van der Waals surface area contributed by atoms with E-state index in [9.17, 15) is 4.79 Å². The molecule has 0 aliphatic heterocycles. The largest absolute Gasteiger partial charge is 0.321 e. The fourth-order valence-corrected chi connectivity index (χ4v) is 3.72. The summed E-state index contributed by atoms with van der Waals surface area (Å²) >= 11 is 6.92. The van der Waals surface area contributed by atoms with E-state index in [4.69, 9.17) is 4.98 Å². The fourth-order valence-electron chi connectivity index (χ4n) is 3.01. The molecule has 2 aromatic heterocycles. The van der Waals surface area contributed by atoms with Gasteiger partial charge in [-0.1, -0.05) is 15.9 Å². The van der Waals surface area contributed by atoms with Gasteiger partial charge in [0.15, 0.2) is 5.65 Å². The molecule has 3 aromatic rings. The molecular weight excluding hydrogens is 448 g/mol. The van der Waals surface area contributed by atoms with Crippen molar-refractivity contribution in [1.82, 2.24) is 14.8 Å². The molecule has 1 fully saturated rings. The van der Waals surface area contributed by atoms with Crippen LogP contribution in [0.5, 0.6) is 0 Å². The van der Waals surface area contributed by atoms with Gasteiger partial charge in [0.1, 0.15) is 0 Å². The van der Waals surface area contributed by atoms with E-state index in [2.05, 4.69) is 42.3 Å². The van der Waals surface area contributed by atoms with Crippen LogP contribution in [0.25, 0.3) is 11.0 Å². The summed E-state index contributed by atoms with van der Waals surface area (Å²) in [6.45, 7) is 1.91. The summed E-state index contributed by atoms with van der Waals surface area (Å²) in [4.78, 5) is 17.8. The molecular formula is C18H16Br2N4O. The van der Waals surface area contributed by atoms with E-state index in [-0.39, 0.29) is 5.91 Å². The average molecular weight is 464 g/mol. The molecule has 4 rings (SSSR count). The van der Waals surface area contributed by atoms with Crippen LogP contribution in [-0.4, -0.2) is 20.7 Å². The molecule has 5 nitrogen and oxygen atoms in total. The van der Waals surface area contributed by atoms with E-state index < -0.39 is 0 Å². The van der Waals surface area contributed by atoms with Crippen molar-refractivity contribution >= 4 is 54.5 Å². The Morgan fingerprint density at radius 3 is 2.76 bits per heavy atom. The van der Waals surface area contributed by atoms with Crippen LogP contribution in [0.4, 0.5) is 5.69 Å². The zero-order chi connectivity index (χ0) is 17.7. The quantitative estimate of drug-likeness (QED) is 0.598. The number of aromatic nitrogens is 3. The number of aryl methyl sites for hydroxylation is 2. The van der Waals surface area contributed by atoms with Crippen molar-refractivity contribution in [3.63, 3.8) is 0 Å². The maximum absolute atomic E-state index is 13.0. The third kappa shape index (κ3) is 3.11. The van der Waals surface area contributed by atoms with Crippen molar-refractivity contribution in [2.24, 2.45) is 7.05 Å². The summed E-state index contributed by atoms with van der Waals surface area (Å²) in [6, 6.07) is 7.61. The number of carbonyl (C=O) groups excluding carboxylic acids is 1. The Balaban J connectivity index is 1.81. The molecule has 0 spiro atoms. The first-order valence-electron chi connectivity index (χ1n) is 8.04. The van der Waals surface area contributed by atoms with Gasteiger partial charge in [-0.15, -0.1) is 0 Å². The highest BCUT2D eigenvalue weighted by molar-refractivity contribution is 9.11. The van der Waals surface area contributed by atoms with Gasteiger partial charge in [0.25, 0.3) is 5.91 Å². The maximum atomic E-state index is 13.0. The van der Waals surface area contributed by atoms with Gasteiger partial charge >= 0.3 is 0 Å². The SMILES string of the molecule is Cc1nn(C)c2nc(C3CC3)cc(C(=O)Nc3cc(Br)ccc3Br)c12. The zero-order valence-electron chi connectivity index (χ0n) is 13.8. The molecule has 1 aliphatic rings. The standard InChI is InChI=1S/C18H16Br2N4O/c1-9-16-12(18(25)22-15-7-11(19)5-6-13(15)20)8-14(10-3-4-10)21-17(16)24(2)23-9/h5-8,10H,3-4H2,1-2H3,(H,22,25). The molecule has 0 saturated heterocycles. The fraction of sp³-hybridized carbons (Fsp3) is 0.278. The van der Waals surface area contributed by atoms with Crippen molar-refractivity contribution < 1.29 is 4.79 Å². The van der Waals surface area contributed by atoms with Crippen LogP contribution in [0.1, 0.15) is 40.5 Å². The number of benzene rings is 1. The first-order chi connectivity index (χ1) is 11.9. The first kappa shape index (κ1) is 16.7. The molecule has 2 heterocycles. The molecule has 0 atom stereocenters. The molecule has 1 aliphatic carbocycles. The molecule has 0 unspecified atom stereocenters. The molecule has 1 amide bonds. The van der Waals surface area contributed by atoms with Crippen LogP contribution in [0.2, 0.25) is 0 Å². The molecule has 0 radical (unpaired) electrons. The van der Waals surface area contributed by atoms with Gasteiger partial charge < -0.3 is 5.32 Å². The average Bonchev–Trinajstić information content (AvgIpc) is 3.37. The minimum Gasteiger partial charge on any atom is -0.321 e. The number of carbonyl (C=O) groups is 1. The van der Waals surface area contributed by atoms with Gasteiger partial charge in [-0.05, 0) is 60.0 Å². The second-order valence-corrected chi connectivity index (χ2v) is 8.12. The maximum Gasteiger partial charge on any atom is 0.256 e. The number of anilines is 1. The lowest BCUT2D eigenvalue weighted by Gasteiger charge is -2.10. The number of halogens is 2. The van der Waals surface area contributed by atoms with Crippen molar-refractivity contribution in [2.75, 3.05) is 5.32 Å². The van der Waals surface area contributed by atoms with E-state index in [1.807, 2.05) is 38.2 Å². The van der Waals surface area contributed by atoms with Gasteiger partial charge in [0.2, 0.25) is 0 Å². The van der Waals surface area contributed by atoms with Crippen molar-refractivity contribution in [1.29, 1.82) is 0 Å². The molecule has 25 heavy (non-hydrogen) atoms. The summed E-state index contributed by atoms with van der Waals surface area (Å²) in [5, 5.41) is 8.27. The number of rotatable bonds is 3. The summed E-state index contributed by atoms with van der Waals surface area (Å²) < 4.78 is 3.49. The smallest absolute Gasteiger partial charge is 0.256 e. The molecule has 1 N–H and O–H groups in total. The van der Waals surface area contributed by atoms with Gasteiger partial charge in [0.05, 0.1) is 22.3 Å². The monoisotopic (exact) mass is 462 g/mol. The highest BCUT2D eigenvalue weighted by atomic mass is 79.9. The molecule has 0 bridgehead atoms. The van der Waals surface area contributed by atoms with E-state index in [0.29, 0.717) is 11.5 Å². The number of fused-ring (bicyclic) bond motifs is 1. The number of amides is 1. The second-order valence-electron chi connectivity index (χ2n) is 6.35. The van der Waals surface area contributed by atoms with Crippen LogP contribution in [0.15, 0.2) is 33.2 Å². The predicted molar refractivity (Wildman–Crippen MR) is 105 cm³/mol. The second kappa shape index (κ2) is 6.21. The number of hydrogen-bond acceptors (Lipinski definition) is 3. The predicted octanol–water partition coefficient (Wildman–Crippen LogP) is 4.93. The molecule has 7 heteroatoms.